The maximum atomic E-state index is 12.6. The van der Waals surface area contributed by atoms with Gasteiger partial charge in [-0.15, -0.1) is 0 Å². The van der Waals surface area contributed by atoms with Gasteiger partial charge in [0.05, 0.1) is 0 Å². The van der Waals surface area contributed by atoms with E-state index in [9.17, 15) is 4.79 Å². The average Bonchev–Trinajstić information content (AvgIpc) is 2.46. The van der Waals surface area contributed by atoms with Crippen LogP contribution < -0.4 is 9.47 Å². The first kappa shape index (κ1) is 12.7. The number of carbonyl (C=O) groups excluding carboxylic acids is 1. The SMILES string of the molecule is CC1(C)Oc2ccccc2OC1C(=O)c1ccccc1. The number of rotatable bonds is 2. The zero-order valence-corrected chi connectivity index (χ0v) is 11.5. The standard InChI is InChI=1S/C17H16O3/c1-17(2)16(15(18)12-8-4-3-5-9-12)19-13-10-6-7-11-14(13)20-17/h3-11,16H,1-2H3. The summed E-state index contributed by atoms with van der Waals surface area (Å²) in [5.41, 5.74) is -0.0741. The maximum absolute atomic E-state index is 12.6. The van der Waals surface area contributed by atoms with Gasteiger partial charge in [-0.05, 0) is 26.0 Å². The van der Waals surface area contributed by atoms with Crippen molar-refractivity contribution in [1.82, 2.24) is 0 Å². The lowest BCUT2D eigenvalue weighted by Crippen LogP contribution is -2.52. The third kappa shape index (κ3) is 2.16. The molecule has 0 N–H and O–H groups in total. The normalized spacial score (nSPS) is 19.4. The fraction of sp³-hybridized carbons (Fsp3) is 0.235. The third-order valence-electron chi connectivity index (χ3n) is 3.39. The zero-order valence-electron chi connectivity index (χ0n) is 11.5. The van der Waals surface area contributed by atoms with E-state index in [1.54, 1.807) is 12.1 Å². The number of benzene rings is 2. The van der Waals surface area contributed by atoms with E-state index < -0.39 is 11.7 Å². The van der Waals surface area contributed by atoms with Crippen LogP contribution in [-0.2, 0) is 0 Å². The van der Waals surface area contributed by atoms with Gasteiger partial charge in [0.1, 0.15) is 5.60 Å². The lowest BCUT2D eigenvalue weighted by molar-refractivity contribution is -0.0283. The molecule has 1 aliphatic heterocycles. The summed E-state index contributed by atoms with van der Waals surface area (Å²) in [6, 6.07) is 16.6. The van der Waals surface area contributed by atoms with Crippen LogP contribution in [0.15, 0.2) is 54.6 Å². The fourth-order valence-electron chi connectivity index (χ4n) is 2.36. The minimum absolute atomic E-state index is 0.0647. The van der Waals surface area contributed by atoms with Gasteiger partial charge in [-0.25, -0.2) is 0 Å². The number of Topliss-reactive ketones (excluding diaryl/α,β-unsaturated/α-hetero) is 1. The van der Waals surface area contributed by atoms with Gasteiger partial charge in [0.2, 0.25) is 11.9 Å². The van der Waals surface area contributed by atoms with Gasteiger partial charge >= 0.3 is 0 Å². The van der Waals surface area contributed by atoms with Crippen LogP contribution in [-0.4, -0.2) is 17.5 Å². The van der Waals surface area contributed by atoms with Crippen molar-refractivity contribution in [2.24, 2.45) is 0 Å². The first-order valence-electron chi connectivity index (χ1n) is 6.62. The second-order valence-electron chi connectivity index (χ2n) is 5.38. The van der Waals surface area contributed by atoms with E-state index >= 15 is 0 Å². The molecule has 0 radical (unpaired) electrons. The Morgan fingerprint density at radius 1 is 0.950 bits per heavy atom. The number of ketones is 1. The number of carbonyl (C=O) groups is 1. The highest BCUT2D eigenvalue weighted by Crippen LogP contribution is 2.38. The summed E-state index contributed by atoms with van der Waals surface area (Å²) in [5, 5.41) is 0. The smallest absolute Gasteiger partial charge is 0.207 e. The van der Waals surface area contributed by atoms with Crippen LogP contribution in [0.3, 0.4) is 0 Å². The highest BCUT2D eigenvalue weighted by molar-refractivity contribution is 6.00. The second-order valence-corrected chi connectivity index (χ2v) is 5.38. The van der Waals surface area contributed by atoms with Crippen molar-refractivity contribution in [2.75, 3.05) is 0 Å². The van der Waals surface area contributed by atoms with Crippen molar-refractivity contribution in [2.45, 2.75) is 25.6 Å². The van der Waals surface area contributed by atoms with E-state index in [0.717, 1.165) is 0 Å². The minimum atomic E-state index is -0.707. The molecule has 3 rings (SSSR count). The topological polar surface area (TPSA) is 35.5 Å². The van der Waals surface area contributed by atoms with Crippen molar-refractivity contribution in [3.8, 4) is 11.5 Å². The summed E-state index contributed by atoms with van der Waals surface area (Å²) in [6.45, 7) is 3.74. The van der Waals surface area contributed by atoms with Crippen LogP contribution in [0.1, 0.15) is 24.2 Å². The fourth-order valence-corrected chi connectivity index (χ4v) is 2.36. The molecule has 0 aromatic heterocycles. The molecule has 2 aromatic carbocycles. The van der Waals surface area contributed by atoms with E-state index in [1.165, 1.54) is 0 Å². The molecule has 3 nitrogen and oxygen atoms in total. The number of para-hydroxylation sites is 2. The molecule has 1 atom stereocenters. The molecular weight excluding hydrogens is 252 g/mol. The molecule has 0 bridgehead atoms. The predicted molar refractivity (Wildman–Crippen MR) is 76.3 cm³/mol. The summed E-state index contributed by atoms with van der Waals surface area (Å²) < 4.78 is 11.8. The Balaban J connectivity index is 1.96. The molecule has 0 aliphatic carbocycles. The molecule has 2 aromatic rings. The van der Waals surface area contributed by atoms with Gasteiger partial charge in [-0.3, -0.25) is 4.79 Å². The Bertz CT molecular complexity index is 632. The highest BCUT2D eigenvalue weighted by Gasteiger charge is 2.43. The lowest BCUT2D eigenvalue weighted by Gasteiger charge is -2.38. The van der Waals surface area contributed by atoms with Crippen molar-refractivity contribution in [3.05, 3.63) is 60.2 Å². The molecule has 1 aliphatic rings. The monoisotopic (exact) mass is 268 g/mol. The van der Waals surface area contributed by atoms with Gasteiger partial charge in [0, 0.05) is 5.56 Å². The summed E-state index contributed by atoms with van der Waals surface area (Å²) in [6.07, 6.45) is -0.653. The maximum Gasteiger partial charge on any atom is 0.207 e. The molecule has 0 amide bonds. The first-order chi connectivity index (χ1) is 9.58. The number of hydrogen-bond acceptors (Lipinski definition) is 3. The number of ether oxygens (including phenoxy) is 2. The summed E-state index contributed by atoms with van der Waals surface area (Å²) in [7, 11) is 0. The molecule has 0 saturated carbocycles. The van der Waals surface area contributed by atoms with E-state index in [-0.39, 0.29) is 5.78 Å². The van der Waals surface area contributed by atoms with Crippen LogP contribution in [0.5, 0.6) is 11.5 Å². The Hall–Kier alpha value is -2.29. The molecule has 102 valence electrons. The first-order valence-corrected chi connectivity index (χ1v) is 6.62. The zero-order chi connectivity index (χ0) is 14.2. The molecule has 0 saturated heterocycles. The Kier molecular flexibility index (Phi) is 2.97. The van der Waals surface area contributed by atoms with Gasteiger partial charge in [-0.2, -0.15) is 0 Å². The minimum Gasteiger partial charge on any atom is -0.480 e. The van der Waals surface area contributed by atoms with Crippen LogP contribution in [0.4, 0.5) is 0 Å². The van der Waals surface area contributed by atoms with Crippen LogP contribution in [0.2, 0.25) is 0 Å². The van der Waals surface area contributed by atoms with E-state index in [1.807, 2.05) is 56.3 Å². The van der Waals surface area contributed by atoms with Gasteiger partial charge in [0.25, 0.3) is 0 Å². The van der Waals surface area contributed by atoms with Gasteiger partial charge in [-0.1, -0.05) is 42.5 Å². The Labute approximate surface area is 118 Å². The van der Waals surface area contributed by atoms with E-state index in [0.29, 0.717) is 17.1 Å². The molecule has 3 heteroatoms. The van der Waals surface area contributed by atoms with E-state index in [4.69, 9.17) is 9.47 Å². The molecular formula is C17H16O3. The molecule has 0 fully saturated rings. The molecule has 0 spiro atoms. The average molecular weight is 268 g/mol. The summed E-state index contributed by atoms with van der Waals surface area (Å²) >= 11 is 0. The van der Waals surface area contributed by atoms with Crippen molar-refractivity contribution < 1.29 is 14.3 Å². The Morgan fingerprint density at radius 2 is 1.55 bits per heavy atom. The number of fused-ring (bicyclic) bond motifs is 1. The van der Waals surface area contributed by atoms with Gasteiger partial charge < -0.3 is 9.47 Å². The second kappa shape index (κ2) is 4.67. The van der Waals surface area contributed by atoms with Gasteiger partial charge in [0.15, 0.2) is 11.5 Å². The molecule has 1 heterocycles. The molecule has 20 heavy (non-hydrogen) atoms. The Morgan fingerprint density at radius 3 is 2.25 bits per heavy atom. The van der Waals surface area contributed by atoms with Crippen molar-refractivity contribution in [1.29, 1.82) is 0 Å². The summed E-state index contributed by atoms with van der Waals surface area (Å²) in [4.78, 5) is 12.6. The summed E-state index contributed by atoms with van der Waals surface area (Å²) in [5.74, 6) is 1.22. The predicted octanol–water partition coefficient (Wildman–Crippen LogP) is 3.49. The number of hydrogen-bond donors (Lipinski definition) is 0. The van der Waals surface area contributed by atoms with E-state index in [2.05, 4.69) is 0 Å². The van der Waals surface area contributed by atoms with Crippen LogP contribution in [0.25, 0.3) is 0 Å². The van der Waals surface area contributed by atoms with Crippen molar-refractivity contribution >= 4 is 5.78 Å². The quantitative estimate of drug-likeness (QED) is 0.782. The highest BCUT2D eigenvalue weighted by atomic mass is 16.6. The largest absolute Gasteiger partial charge is 0.480 e. The van der Waals surface area contributed by atoms with Crippen LogP contribution in [0, 0.1) is 0 Å². The lowest BCUT2D eigenvalue weighted by atomic mass is 9.92. The molecule has 1 unspecified atom stereocenters. The third-order valence-corrected chi connectivity index (χ3v) is 3.39. The van der Waals surface area contributed by atoms with Crippen LogP contribution >= 0.6 is 0 Å². The van der Waals surface area contributed by atoms with Crippen molar-refractivity contribution in [3.63, 3.8) is 0 Å².